The molecular formula is C64H43NO. The van der Waals surface area contributed by atoms with Crippen molar-refractivity contribution in [2.24, 2.45) is 0 Å². The molecule has 3 aliphatic carbocycles. The monoisotopic (exact) mass is 841 g/mol. The molecule has 66 heavy (non-hydrogen) atoms. The van der Waals surface area contributed by atoms with Gasteiger partial charge in [-0.2, -0.15) is 0 Å². The molecule has 0 amide bonds. The molecule has 2 heteroatoms. The van der Waals surface area contributed by atoms with Crippen LogP contribution in [-0.2, 0) is 10.8 Å². The van der Waals surface area contributed by atoms with E-state index in [1.54, 1.807) is 0 Å². The van der Waals surface area contributed by atoms with Gasteiger partial charge in [-0.25, -0.2) is 0 Å². The van der Waals surface area contributed by atoms with Crippen LogP contribution in [0.4, 0.5) is 17.1 Å². The van der Waals surface area contributed by atoms with E-state index >= 15 is 0 Å². The number of anilines is 3. The third-order valence-corrected chi connectivity index (χ3v) is 15.1. The molecule has 10 aromatic carbocycles. The van der Waals surface area contributed by atoms with Crippen LogP contribution in [0, 0.1) is 0 Å². The zero-order valence-corrected chi connectivity index (χ0v) is 36.7. The lowest BCUT2D eigenvalue weighted by Gasteiger charge is -2.32. The molecule has 14 rings (SSSR count). The van der Waals surface area contributed by atoms with Crippen molar-refractivity contribution in [1.82, 2.24) is 0 Å². The molecular weight excluding hydrogens is 799 g/mol. The normalized spacial score (nSPS) is 14.2. The molecule has 310 valence electrons. The van der Waals surface area contributed by atoms with Crippen LogP contribution in [0.15, 0.2) is 229 Å². The molecule has 1 heterocycles. The number of fused-ring (bicyclic) bond motifs is 16. The summed E-state index contributed by atoms with van der Waals surface area (Å²) in [6, 6.07) is 83.1. The molecule has 0 N–H and O–H groups in total. The first-order valence-corrected chi connectivity index (χ1v) is 23.1. The highest BCUT2D eigenvalue weighted by atomic mass is 16.3. The highest BCUT2D eigenvalue weighted by Crippen LogP contribution is 2.66. The van der Waals surface area contributed by atoms with Gasteiger partial charge in [0.25, 0.3) is 0 Å². The number of nitrogens with zero attached hydrogens (tertiary/aromatic N) is 1. The van der Waals surface area contributed by atoms with Gasteiger partial charge >= 0.3 is 0 Å². The fourth-order valence-electron chi connectivity index (χ4n) is 12.2. The van der Waals surface area contributed by atoms with Gasteiger partial charge in [-0.05, 0) is 126 Å². The summed E-state index contributed by atoms with van der Waals surface area (Å²) in [5, 5.41) is 2.19. The summed E-state index contributed by atoms with van der Waals surface area (Å²) in [6.07, 6.45) is 0. The van der Waals surface area contributed by atoms with E-state index in [9.17, 15) is 0 Å². The minimum absolute atomic E-state index is 0.192. The van der Waals surface area contributed by atoms with E-state index in [4.69, 9.17) is 4.42 Å². The van der Waals surface area contributed by atoms with Crippen molar-refractivity contribution in [3.05, 3.63) is 258 Å². The Labute approximate surface area is 384 Å². The maximum atomic E-state index is 7.28. The molecule has 0 saturated heterocycles. The third-order valence-electron chi connectivity index (χ3n) is 15.1. The van der Waals surface area contributed by atoms with Crippen LogP contribution in [0.1, 0.15) is 47.2 Å². The Morgan fingerprint density at radius 1 is 0.348 bits per heavy atom. The maximum absolute atomic E-state index is 7.28. The fraction of sp³-hybridized carbons (Fsp3) is 0.0625. The average molecular weight is 842 g/mol. The second-order valence-corrected chi connectivity index (χ2v) is 18.7. The van der Waals surface area contributed by atoms with Gasteiger partial charge in [-0.15, -0.1) is 0 Å². The summed E-state index contributed by atoms with van der Waals surface area (Å²) in [5.41, 5.74) is 24.5. The predicted molar refractivity (Wildman–Crippen MR) is 273 cm³/mol. The largest absolute Gasteiger partial charge is 0.456 e. The predicted octanol–water partition coefficient (Wildman–Crippen LogP) is 17.0. The third kappa shape index (κ3) is 4.96. The lowest BCUT2D eigenvalue weighted by atomic mass is 9.70. The Kier molecular flexibility index (Phi) is 7.70. The van der Waals surface area contributed by atoms with Crippen LogP contribution in [0.2, 0.25) is 0 Å². The first-order valence-electron chi connectivity index (χ1n) is 23.1. The molecule has 0 bridgehead atoms. The fourth-order valence-corrected chi connectivity index (χ4v) is 12.2. The van der Waals surface area contributed by atoms with Crippen molar-refractivity contribution in [2.75, 3.05) is 4.90 Å². The average Bonchev–Trinajstić information content (AvgIpc) is 4.06. The summed E-state index contributed by atoms with van der Waals surface area (Å²) in [7, 11) is 0. The molecule has 0 radical (unpaired) electrons. The Hall–Kier alpha value is -8.20. The molecule has 11 aromatic rings. The first-order chi connectivity index (χ1) is 32.5. The number of hydrogen-bond acceptors (Lipinski definition) is 2. The maximum Gasteiger partial charge on any atom is 0.137 e. The molecule has 0 aliphatic heterocycles. The van der Waals surface area contributed by atoms with E-state index in [-0.39, 0.29) is 5.41 Å². The van der Waals surface area contributed by atoms with Gasteiger partial charge in [-0.3, -0.25) is 0 Å². The lowest BCUT2D eigenvalue weighted by molar-refractivity contribution is 0.660. The zero-order valence-electron chi connectivity index (χ0n) is 36.7. The van der Waals surface area contributed by atoms with Gasteiger partial charge in [-0.1, -0.05) is 196 Å². The molecule has 1 aromatic heterocycles. The van der Waals surface area contributed by atoms with Crippen molar-refractivity contribution in [2.45, 2.75) is 24.7 Å². The van der Waals surface area contributed by atoms with E-state index in [1.165, 1.54) is 77.9 Å². The van der Waals surface area contributed by atoms with Gasteiger partial charge < -0.3 is 9.32 Å². The summed E-state index contributed by atoms with van der Waals surface area (Å²) < 4.78 is 7.28. The van der Waals surface area contributed by atoms with Crippen molar-refractivity contribution in [3.8, 4) is 55.6 Å². The molecule has 1 spiro atoms. The SMILES string of the molecule is CC1(C)c2ccccc2-c2ccc(N(c3ccc(-c4ccccc4)cc3)c3c4c(cc5oc6cc(-c7ccccc7)ccc6c35)C3(c5ccccc5-c5ccccc53)c3ccccc3-4)cc21. The molecule has 0 fully saturated rings. The van der Waals surface area contributed by atoms with Gasteiger partial charge in [0.05, 0.1) is 16.5 Å². The smallest absolute Gasteiger partial charge is 0.137 e. The summed E-state index contributed by atoms with van der Waals surface area (Å²) >= 11 is 0. The van der Waals surface area contributed by atoms with E-state index in [0.29, 0.717) is 0 Å². The van der Waals surface area contributed by atoms with Crippen LogP contribution in [0.3, 0.4) is 0 Å². The van der Waals surface area contributed by atoms with Crippen LogP contribution in [-0.4, -0.2) is 0 Å². The van der Waals surface area contributed by atoms with Crippen molar-refractivity contribution < 1.29 is 4.42 Å². The van der Waals surface area contributed by atoms with E-state index in [1.807, 2.05) is 0 Å². The second-order valence-electron chi connectivity index (χ2n) is 18.7. The van der Waals surface area contributed by atoms with Crippen molar-refractivity contribution >= 4 is 39.0 Å². The van der Waals surface area contributed by atoms with Gasteiger partial charge in [0, 0.05) is 27.7 Å². The van der Waals surface area contributed by atoms with E-state index in [0.717, 1.165) is 50.1 Å². The number of furan rings is 1. The molecule has 0 atom stereocenters. The Morgan fingerprint density at radius 3 is 1.48 bits per heavy atom. The second kappa shape index (κ2) is 13.7. The standard InChI is InChI=1S/C64H43NO/c1-63(2)52-25-13-9-21-46(52)49-36-34-45(38-56(49)63)65(44-32-29-42(30-33-44)40-17-5-3-6-18-40)62-60-50-24-12-16-28-55(50)64(53-26-14-10-22-47(53)48-23-11-15-27-54(48)64)57(60)39-59-61(62)51-35-31-43(37-58(51)66-59)41-19-7-4-8-20-41/h3-39H,1-2H3. The lowest BCUT2D eigenvalue weighted by Crippen LogP contribution is -2.26. The molecule has 2 nitrogen and oxygen atoms in total. The minimum Gasteiger partial charge on any atom is -0.456 e. The number of benzene rings is 10. The highest BCUT2D eigenvalue weighted by Gasteiger charge is 2.53. The first kappa shape index (κ1) is 37.2. The van der Waals surface area contributed by atoms with Crippen molar-refractivity contribution in [1.29, 1.82) is 0 Å². The molecule has 0 unspecified atom stereocenters. The van der Waals surface area contributed by atoms with Gasteiger partial charge in [0.2, 0.25) is 0 Å². The zero-order chi connectivity index (χ0) is 43.7. The summed E-state index contributed by atoms with van der Waals surface area (Å²) in [5.74, 6) is 0. The Balaban J connectivity index is 1.13. The number of rotatable bonds is 5. The Morgan fingerprint density at radius 2 is 0.833 bits per heavy atom. The van der Waals surface area contributed by atoms with Crippen LogP contribution >= 0.6 is 0 Å². The molecule has 0 saturated carbocycles. The topological polar surface area (TPSA) is 16.4 Å². The minimum atomic E-state index is -0.569. The van der Waals surface area contributed by atoms with Crippen LogP contribution < -0.4 is 4.90 Å². The van der Waals surface area contributed by atoms with Gasteiger partial charge in [0.15, 0.2) is 0 Å². The van der Waals surface area contributed by atoms with Gasteiger partial charge in [0.1, 0.15) is 11.2 Å². The Bertz CT molecular complexity index is 3740. The quantitative estimate of drug-likeness (QED) is 0.172. The highest BCUT2D eigenvalue weighted by molar-refractivity contribution is 6.20. The number of hydrogen-bond donors (Lipinski definition) is 0. The van der Waals surface area contributed by atoms with E-state index in [2.05, 4.69) is 243 Å². The van der Waals surface area contributed by atoms with Crippen LogP contribution in [0.25, 0.3) is 77.6 Å². The van der Waals surface area contributed by atoms with E-state index < -0.39 is 5.41 Å². The van der Waals surface area contributed by atoms with Crippen LogP contribution in [0.5, 0.6) is 0 Å². The molecule has 3 aliphatic rings. The summed E-state index contributed by atoms with van der Waals surface area (Å²) in [4.78, 5) is 2.55. The van der Waals surface area contributed by atoms with Crippen molar-refractivity contribution in [3.63, 3.8) is 0 Å². The summed E-state index contributed by atoms with van der Waals surface area (Å²) in [6.45, 7) is 4.75.